The van der Waals surface area contributed by atoms with E-state index in [0.717, 1.165) is 11.1 Å². The van der Waals surface area contributed by atoms with Gasteiger partial charge in [0.15, 0.2) is 5.78 Å². The number of carbonyl (C=O) groups excluding carboxylic acids is 1. The molecule has 0 fully saturated rings. The Morgan fingerprint density at radius 2 is 1.52 bits per heavy atom. The first-order chi connectivity index (χ1) is 14.3. The first-order valence-corrected chi connectivity index (χ1v) is 10.9. The van der Waals surface area contributed by atoms with Gasteiger partial charge in [0.25, 0.3) is 0 Å². The highest BCUT2D eigenvalue weighted by molar-refractivity contribution is 7.79. The van der Waals surface area contributed by atoms with E-state index in [9.17, 15) is 4.79 Å². The van der Waals surface area contributed by atoms with Crippen molar-refractivity contribution in [3.05, 3.63) is 72.3 Å². The van der Waals surface area contributed by atoms with Crippen molar-refractivity contribution in [2.24, 2.45) is 5.41 Å². The summed E-state index contributed by atoms with van der Waals surface area (Å²) in [7, 11) is -4.67. The number of hydrogen-bond donors (Lipinski definition) is 2. The molecule has 2 N–H and O–H groups in total. The number of ether oxygens (including phenoxy) is 1. The number of halogens is 1. The van der Waals surface area contributed by atoms with Crippen LogP contribution >= 0.6 is 11.6 Å². The summed E-state index contributed by atoms with van der Waals surface area (Å²) in [6, 6.07) is 15.3. The fourth-order valence-corrected chi connectivity index (χ4v) is 2.65. The van der Waals surface area contributed by atoms with Crippen molar-refractivity contribution in [1.29, 1.82) is 0 Å². The first-order valence-electron chi connectivity index (χ1n) is 9.09. The highest BCUT2D eigenvalue weighted by Gasteiger charge is 2.32. The van der Waals surface area contributed by atoms with E-state index in [1.54, 1.807) is 23.3 Å². The van der Waals surface area contributed by atoms with Crippen molar-refractivity contribution in [1.82, 2.24) is 9.55 Å². The molecule has 0 saturated carbocycles. The maximum atomic E-state index is 12.8. The maximum Gasteiger partial charge on any atom is 0.394 e. The summed E-state index contributed by atoms with van der Waals surface area (Å²) in [5.74, 6) is 0.608. The number of rotatable bonds is 5. The van der Waals surface area contributed by atoms with Crippen molar-refractivity contribution in [3.63, 3.8) is 0 Å². The van der Waals surface area contributed by atoms with E-state index in [0.29, 0.717) is 10.8 Å². The van der Waals surface area contributed by atoms with Crippen LogP contribution in [0, 0.1) is 5.41 Å². The van der Waals surface area contributed by atoms with Crippen LogP contribution in [-0.2, 0) is 15.2 Å². The highest BCUT2D eigenvalue weighted by Crippen LogP contribution is 2.29. The number of ketones is 1. The number of imidazole rings is 1. The Balaban J connectivity index is 0.000000614. The van der Waals surface area contributed by atoms with Gasteiger partial charge in [0, 0.05) is 22.8 Å². The SMILES string of the molecule is CC(C)(C)C(=O)C(Oc1ccc(-c2ccc(Cl)cc2)cc1)n1ccnc1.O=S(=O)(O)O. The minimum absolute atomic E-state index is 0.0164. The third-order valence-corrected chi connectivity index (χ3v) is 4.29. The molecule has 2 aromatic carbocycles. The molecule has 0 bridgehead atoms. The Labute approximate surface area is 186 Å². The second kappa shape index (κ2) is 10.1. The molecule has 166 valence electrons. The summed E-state index contributed by atoms with van der Waals surface area (Å²) < 4.78 is 39.3. The average Bonchev–Trinajstić information content (AvgIpc) is 3.19. The number of benzene rings is 2. The lowest BCUT2D eigenvalue weighted by Gasteiger charge is -2.26. The fraction of sp³-hybridized carbons (Fsp3) is 0.238. The van der Waals surface area contributed by atoms with Crippen LogP contribution in [0.15, 0.2) is 67.3 Å². The van der Waals surface area contributed by atoms with Crippen molar-refractivity contribution in [2.75, 3.05) is 0 Å². The van der Waals surface area contributed by atoms with Crippen LogP contribution in [0.4, 0.5) is 0 Å². The molecular formula is C21H23ClN2O6S. The summed E-state index contributed by atoms with van der Waals surface area (Å²) in [5.41, 5.74) is 1.59. The van der Waals surface area contributed by atoms with Gasteiger partial charge in [0.1, 0.15) is 5.75 Å². The standard InChI is InChI=1S/C21H21ClN2O2.H2O4S/c1-21(2,3)19(25)20(24-13-12-23-14-24)26-18-10-6-16(7-11-18)15-4-8-17(22)9-5-15;1-5(2,3)4/h4-14,20H,1-3H3;(H2,1,2,3,4). The molecular weight excluding hydrogens is 444 g/mol. The van der Waals surface area contributed by atoms with Gasteiger partial charge in [-0.15, -0.1) is 0 Å². The van der Waals surface area contributed by atoms with Crippen LogP contribution in [0.3, 0.4) is 0 Å². The van der Waals surface area contributed by atoms with E-state index in [2.05, 4.69) is 4.98 Å². The van der Waals surface area contributed by atoms with E-state index in [4.69, 9.17) is 33.9 Å². The average molecular weight is 467 g/mol. The molecule has 8 nitrogen and oxygen atoms in total. The van der Waals surface area contributed by atoms with E-state index < -0.39 is 22.0 Å². The molecule has 0 amide bonds. The monoisotopic (exact) mass is 466 g/mol. The molecule has 0 aliphatic rings. The molecule has 0 spiro atoms. The molecule has 1 aromatic heterocycles. The lowest BCUT2D eigenvalue weighted by atomic mass is 9.89. The highest BCUT2D eigenvalue weighted by atomic mass is 35.5. The summed E-state index contributed by atoms with van der Waals surface area (Å²) >= 11 is 5.94. The van der Waals surface area contributed by atoms with Gasteiger partial charge >= 0.3 is 10.4 Å². The van der Waals surface area contributed by atoms with Gasteiger partial charge in [-0.3, -0.25) is 18.5 Å². The molecule has 3 rings (SSSR count). The lowest BCUT2D eigenvalue weighted by Crippen LogP contribution is -2.33. The summed E-state index contributed by atoms with van der Waals surface area (Å²) in [6.45, 7) is 5.64. The topological polar surface area (TPSA) is 119 Å². The smallest absolute Gasteiger partial charge is 0.394 e. The Bertz CT molecular complexity index is 1080. The Morgan fingerprint density at radius 1 is 1.03 bits per heavy atom. The van der Waals surface area contributed by atoms with Crippen LogP contribution in [0.25, 0.3) is 11.1 Å². The van der Waals surface area contributed by atoms with Crippen molar-refractivity contribution >= 4 is 27.8 Å². The van der Waals surface area contributed by atoms with Gasteiger partial charge in [-0.1, -0.05) is 56.6 Å². The van der Waals surface area contributed by atoms with Crippen LogP contribution in [-0.4, -0.2) is 32.9 Å². The zero-order chi connectivity index (χ0) is 23.2. The van der Waals surface area contributed by atoms with Gasteiger partial charge in [-0.05, 0) is 35.4 Å². The molecule has 1 heterocycles. The predicted octanol–water partition coefficient (Wildman–Crippen LogP) is 4.74. The molecule has 0 saturated heterocycles. The third-order valence-electron chi connectivity index (χ3n) is 4.04. The van der Waals surface area contributed by atoms with Crippen LogP contribution in [0.1, 0.15) is 27.0 Å². The molecule has 10 heteroatoms. The minimum Gasteiger partial charge on any atom is -0.463 e. The lowest BCUT2D eigenvalue weighted by molar-refractivity contribution is -0.137. The quantitative estimate of drug-likeness (QED) is 0.521. The molecule has 0 radical (unpaired) electrons. The number of carbonyl (C=O) groups is 1. The Kier molecular flexibility index (Phi) is 7.96. The zero-order valence-corrected chi connectivity index (χ0v) is 18.7. The van der Waals surface area contributed by atoms with Crippen molar-refractivity contribution < 1.29 is 27.1 Å². The number of hydrogen-bond acceptors (Lipinski definition) is 5. The van der Waals surface area contributed by atoms with Crippen molar-refractivity contribution in [2.45, 2.75) is 27.0 Å². The van der Waals surface area contributed by atoms with Gasteiger partial charge < -0.3 is 4.74 Å². The molecule has 3 aromatic rings. The first kappa shape index (κ1) is 24.5. The molecule has 0 aliphatic carbocycles. The van der Waals surface area contributed by atoms with Crippen LogP contribution < -0.4 is 4.74 Å². The normalized spacial score (nSPS) is 12.5. The van der Waals surface area contributed by atoms with Gasteiger partial charge in [-0.25, -0.2) is 4.98 Å². The molecule has 0 aliphatic heterocycles. The predicted molar refractivity (Wildman–Crippen MR) is 117 cm³/mol. The van der Waals surface area contributed by atoms with E-state index in [1.807, 2.05) is 69.3 Å². The third kappa shape index (κ3) is 8.14. The minimum atomic E-state index is -4.67. The Morgan fingerprint density at radius 3 is 1.94 bits per heavy atom. The van der Waals surface area contributed by atoms with Gasteiger partial charge in [0.2, 0.25) is 6.23 Å². The Hall–Kier alpha value is -2.72. The summed E-state index contributed by atoms with van der Waals surface area (Å²) in [5, 5.41) is 0.706. The van der Waals surface area contributed by atoms with Gasteiger partial charge in [-0.2, -0.15) is 8.42 Å². The molecule has 1 atom stereocenters. The summed E-state index contributed by atoms with van der Waals surface area (Å²) in [4.78, 5) is 16.8. The maximum absolute atomic E-state index is 12.8. The number of nitrogens with zero attached hydrogens (tertiary/aromatic N) is 2. The molecule has 1 unspecified atom stereocenters. The van der Waals surface area contributed by atoms with Crippen LogP contribution in [0.5, 0.6) is 5.75 Å². The molecule has 31 heavy (non-hydrogen) atoms. The second-order valence-corrected chi connectivity index (χ2v) is 8.91. The fourth-order valence-electron chi connectivity index (χ4n) is 2.53. The van der Waals surface area contributed by atoms with Crippen LogP contribution in [0.2, 0.25) is 5.02 Å². The number of aromatic nitrogens is 2. The summed E-state index contributed by atoms with van der Waals surface area (Å²) in [6.07, 6.45) is 4.21. The zero-order valence-electron chi connectivity index (χ0n) is 17.1. The van der Waals surface area contributed by atoms with Crippen molar-refractivity contribution in [3.8, 4) is 16.9 Å². The number of Topliss-reactive ketones (excluding diaryl/α,β-unsaturated/α-hetero) is 1. The van der Waals surface area contributed by atoms with E-state index in [-0.39, 0.29) is 5.78 Å². The van der Waals surface area contributed by atoms with Gasteiger partial charge in [0.05, 0.1) is 6.33 Å². The largest absolute Gasteiger partial charge is 0.463 e. The van der Waals surface area contributed by atoms with E-state index in [1.165, 1.54) is 0 Å². The second-order valence-electron chi connectivity index (χ2n) is 7.57. The van der Waals surface area contributed by atoms with E-state index >= 15 is 0 Å².